The molecular formula is C13H18N4O2. The van der Waals surface area contributed by atoms with E-state index < -0.39 is 0 Å². The fraction of sp³-hybridized carbons (Fsp3) is 0.308. The van der Waals surface area contributed by atoms with E-state index in [1.54, 1.807) is 32.7 Å². The van der Waals surface area contributed by atoms with E-state index in [4.69, 9.17) is 15.2 Å². The van der Waals surface area contributed by atoms with Gasteiger partial charge < -0.3 is 25.5 Å². The van der Waals surface area contributed by atoms with E-state index in [9.17, 15) is 0 Å². The van der Waals surface area contributed by atoms with Crippen molar-refractivity contribution in [2.75, 3.05) is 25.3 Å². The van der Waals surface area contributed by atoms with Gasteiger partial charge in [0.05, 0.1) is 31.6 Å². The van der Waals surface area contributed by atoms with Crippen LogP contribution in [0.4, 0.5) is 11.4 Å². The van der Waals surface area contributed by atoms with E-state index >= 15 is 0 Å². The first kappa shape index (κ1) is 13.1. The van der Waals surface area contributed by atoms with Crippen LogP contribution in [0.25, 0.3) is 0 Å². The standard InChI is InChI=1S/C13H18N4O2/c1-8(13-15-4-5-16-13)17-10-7-12(19-3)11(18-2)6-9(10)14/h4-8,17H,14H2,1-3H3,(H,15,16). The number of hydrogen-bond acceptors (Lipinski definition) is 5. The van der Waals surface area contributed by atoms with Crippen LogP contribution in [-0.4, -0.2) is 24.2 Å². The molecule has 0 radical (unpaired) electrons. The van der Waals surface area contributed by atoms with Crippen molar-refractivity contribution in [3.63, 3.8) is 0 Å². The lowest BCUT2D eigenvalue weighted by atomic mass is 10.2. The van der Waals surface area contributed by atoms with Gasteiger partial charge in [0.2, 0.25) is 0 Å². The zero-order valence-corrected chi connectivity index (χ0v) is 11.2. The molecule has 6 heteroatoms. The van der Waals surface area contributed by atoms with E-state index in [2.05, 4.69) is 15.3 Å². The summed E-state index contributed by atoms with van der Waals surface area (Å²) in [6.45, 7) is 2.00. The van der Waals surface area contributed by atoms with Crippen molar-refractivity contribution in [3.05, 3.63) is 30.4 Å². The second kappa shape index (κ2) is 5.51. The number of hydrogen-bond donors (Lipinski definition) is 3. The molecule has 0 spiro atoms. The van der Waals surface area contributed by atoms with Crippen LogP contribution >= 0.6 is 0 Å². The van der Waals surface area contributed by atoms with Crippen LogP contribution in [0.1, 0.15) is 18.8 Å². The van der Waals surface area contributed by atoms with Crippen molar-refractivity contribution in [1.82, 2.24) is 9.97 Å². The minimum atomic E-state index is 0.00963. The highest BCUT2D eigenvalue weighted by molar-refractivity contribution is 5.72. The van der Waals surface area contributed by atoms with Crippen molar-refractivity contribution in [2.24, 2.45) is 0 Å². The number of imidazole rings is 1. The zero-order chi connectivity index (χ0) is 13.8. The Bertz CT molecular complexity index is 540. The summed E-state index contributed by atoms with van der Waals surface area (Å²) in [6, 6.07) is 3.55. The van der Waals surface area contributed by atoms with Gasteiger partial charge in [0, 0.05) is 24.5 Å². The highest BCUT2D eigenvalue weighted by Crippen LogP contribution is 2.35. The van der Waals surface area contributed by atoms with Crippen LogP contribution in [-0.2, 0) is 0 Å². The molecule has 6 nitrogen and oxygen atoms in total. The molecular weight excluding hydrogens is 244 g/mol. The lowest BCUT2D eigenvalue weighted by Crippen LogP contribution is -2.10. The number of H-pyrrole nitrogens is 1. The summed E-state index contributed by atoms with van der Waals surface area (Å²) in [5, 5.41) is 3.28. The monoisotopic (exact) mass is 262 g/mol. The first-order valence-electron chi connectivity index (χ1n) is 5.93. The van der Waals surface area contributed by atoms with Crippen molar-refractivity contribution >= 4 is 11.4 Å². The van der Waals surface area contributed by atoms with Crippen molar-refractivity contribution in [1.29, 1.82) is 0 Å². The Kier molecular flexibility index (Phi) is 3.79. The largest absolute Gasteiger partial charge is 0.493 e. The number of methoxy groups -OCH3 is 2. The molecule has 102 valence electrons. The average molecular weight is 262 g/mol. The van der Waals surface area contributed by atoms with Crippen LogP contribution in [0, 0.1) is 0 Å². The van der Waals surface area contributed by atoms with Gasteiger partial charge in [0.1, 0.15) is 5.82 Å². The van der Waals surface area contributed by atoms with Gasteiger partial charge in [-0.25, -0.2) is 4.98 Å². The molecule has 0 bridgehead atoms. The fourth-order valence-electron chi connectivity index (χ4n) is 1.84. The predicted octanol–water partition coefficient (Wildman–Crippen LogP) is 2.18. The summed E-state index contributed by atoms with van der Waals surface area (Å²) in [5.74, 6) is 2.08. The van der Waals surface area contributed by atoms with Gasteiger partial charge in [0.25, 0.3) is 0 Å². The number of nitrogen functional groups attached to an aromatic ring is 1. The Morgan fingerprint density at radius 1 is 1.26 bits per heavy atom. The first-order valence-corrected chi connectivity index (χ1v) is 5.93. The lowest BCUT2D eigenvalue weighted by Gasteiger charge is -2.17. The number of nitrogens with zero attached hydrogens (tertiary/aromatic N) is 1. The zero-order valence-electron chi connectivity index (χ0n) is 11.2. The quantitative estimate of drug-likeness (QED) is 0.719. The highest BCUT2D eigenvalue weighted by Gasteiger charge is 2.13. The molecule has 19 heavy (non-hydrogen) atoms. The smallest absolute Gasteiger partial charge is 0.162 e. The Balaban J connectivity index is 2.25. The van der Waals surface area contributed by atoms with E-state index in [0.717, 1.165) is 11.5 Å². The molecule has 0 fully saturated rings. The molecule has 1 unspecified atom stereocenters. The van der Waals surface area contributed by atoms with E-state index in [-0.39, 0.29) is 6.04 Å². The molecule has 2 rings (SSSR count). The van der Waals surface area contributed by atoms with Gasteiger partial charge >= 0.3 is 0 Å². The number of rotatable bonds is 5. The molecule has 1 aromatic carbocycles. The minimum Gasteiger partial charge on any atom is -0.493 e. The molecule has 2 aromatic rings. The molecule has 0 saturated heterocycles. The van der Waals surface area contributed by atoms with E-state index in [1.165, 1.54) is 0 Å². The number of nitrogens with one attached hydrogen (secondary N) is 2. The van der Waals surface area contributed by atoms with Gasteiger partial charge in [0.15, 0.2) is 11.5 Å². The van der Waals surface area contributed by atoms with Crippen LogP contribution in [0.15, 0.2) is 24.5 Å². The number of aromatic amines is 1. The molecule has 0 aliphatic rings. The molecule has 4 N–H and O–H groups in total. The Labute approximate surface area is 111 Å². The van der Waals surface area contributed by atoms with E-state index in [0.29, 0.717) is 17.2 Å². The van der Waals surface area contributed by atoms with Crippen LogP contribution < -0.4 is 20.5 Å². The number of anilines is 2. The summed E-state index contributed by atoms with van der Waals surface area (Å²) < 4.78 is 10.5. The normalized spacial score (nSPS) is 11.9. The SMILES string of the molecule is COc1cc(N)c(NC(C)c2ncc[nH]2)cc1OC. The molecule has 0 amide bonds. The summed E-state index contributed by atoms with van der Waals surface area (Å²) >= 11 is 0. The predicted molar refractivity (Wildman–Crippen MR) is 74.6 cm³/mol. The Hall–Kier alpha value is -2.37. The van der Waals surface area contributed by atoms with Crippen molar-refractivity contribution < 1.29 is 9.47 Å². The van der Waals surface area contributed by atoms with Crippen molar-refractivity contribution in [3.8, 4) is 11.5 Å². The summed E-state index contributed by atoms with van der Waals surface area (Å²) in [4.78, 5) is 7.26. The molecule has 0 aliphatic carbocycles. The summed E-state index contributed by atoms with van der Waals surface area (Å²) in [6.07, 6.45) is 3.50. The van der Waals surface area contributed by atoms with Gasteiger partial charge in [-0.2, -0.15) is 0 Å². The third kappa shape index (κ3) is 2.73. The van der Waals surface area contributed by atoms with Gasteiger partial charge in [-0.05, 0) is 6.92 Å². The first-order chi connectivity index (χ1) is 9.15. The minimum absolute atomic E-state index is 0.00963. The third-order valence-electron chi connectivity index (χ3n) is 2.86. The maximum atomic E-state index is 5.99. The maximum absolute atomic E-state index is 5.99. The van der Waals surface area contributed by atoms with Gasteiger partial charge in [-0.15, -0.1) is 0 Å². The van der Waals surface area contributed by atoms with Crippen LogP contribution in [0.2, 0.25) is 0 Å². The number of nitrogens with two attached hydrogens (primary N) is 1. The number of benzene rings is 1. The van der Waals surface area contributed by atoms with Crippen LogP contribution in [0.5, 0.6) is 11.5 Å². The highest BCUT2D eigenvalue weighted by atomic mass is 16.5. The average Bonchev–Trinajstić information content (AvgIpc) is 2.94. The lowest BCUT2D eigenvalue weighted by molar-refractivity contribution is 0.355. The van der Waals surface area contributed by atoms with Gasteiger partial charge in [-0.3, -0.25) is 0 Å². The van der Waals surface area contributed by atoms with Crippen molar-refractivity contribution in [2.45, 2.75) is 13.0 Å². The van der Waals surface area contributed by atoms with Crippen LogP contribution in [0.3, 0.4) is 0 Å². The second-order valence-corrected chi connectivity index (χ2v) is 4.13. The Morgan fingerprint density at radius 3 is 2.53 bits per heavy atom. The fourth-order valence-corrected chi connectivity index (χ4v) is 1.84. The second-order valence-electron chi connectivity index (χ2n) is 4.13. The van der Waals surface area contributed by atoms with E-state index in [1.807, 2.05) is 13.0 Å². The molecule has 1 atom stereocenters. The third-order valence-corrected chi connectivity index (χ3v) is 2.86. The van der Waals surface area contributed by atoms with Gasteiger partial charge in [-0.1, -0.05) is 0 Å². The molecule has 1 heterocycles. The number of ether oxygens (including phenoxy) is 2. The molecule has 0 aliphatic heterocycles. The summed E-state index contributed by atoms with van der Waals surface area (Å²) in [7, 11) is 3.17. The topological polar surface area (TPSA) is 85.2 Å². The molecule has 1 aromatic heterocycles. The Morgan fingerprint density at radius 2 is 1.95 bits per heavy atom. The molecule has 0 saturated carbocycles. The maximum Gasteiger partial charge on any atom is 0.162 e. The number of aromatic nitrogens is 2. The summed E-state index contributed by atoms with van der Waals surface area (Å²) in [5.41, 5.74) is 7.37.